The largest absolute Gasteiger partial charge is 0.327 e. The minimum atomic E-state index is 0.578. The Bertz CT molecular complexity index is 98.6. The monoisotopic (exact) mass is 111 g/mol. The summed E-state index contributed by atoms with van der Waals surface area (Å²) in [7, 11) is 0. The van der Waals surface area contributed by atoms with E-state index in [1.807, 2.05) is 0 Å². The molecule has 0 unspecified atom stereocenters. The molecule has 0 heterocycles. The number of rotatable bonds is 0. The highest BCUT2D eigenvalue weighted by Crippen LogP contribution is 2.43. The van der Waals surface area contributed by atoms with Gasteiger partial charge in [-0.3, -0.25) is 0 Å². The lowest BCUT2D eigenvalue weighted by Crippen LogP contribution is -2.26. The number of hydrogen-bond donors (Lipinski definition) is 1. The van der Waals surface area contributed by atoms with E-state index in [0.717, 1.165) is 11.8 Å². The molecule has 0 amide bonds. The Balaban J connectivity index is 2.11. The normalized spacial score (nSPS) is 52.9. The van der Waals surface area contributed by atoms with Crippen molar-refractivity contribution in [3.8, 4) is 0 Å². The third kappa shape index (κ3) is 0.510. The van der Waals surface area contributed by atoms with E-state index in [1.54, 1.807) is 0 Å². The highest BCUT2D eigenvalue weighted by atomic mass is 14.7. The van der Waals surface area contributed by atoms with Crippen molar-refractivity contribution < 1.29 is 0 Å². The van der Waals surface area contributed by atoms with E-state index in [4.69, 9.17) is 5.73 Å². The van der Waals surface area contributed by atoms with Crippen LogP contribution >= 0.6 is 0 Å². The molecule has 1 nitrogen and oxygen atoms in total. The standard InChI is InChI=1S/C7H13N/c8-7-4-5-1-2-6(7)3-5/h5-7H,1-4,8H2/t5-,6-,7+/m0/s1. The first kappa shape index (κ1) is 4.80. The molecule has 8 heavy (non-hydrogen) atoms. The van der Waals surface area contributed by atoms with E-state index >= 15 is 0 Å². The summed E-state index contributed by atoms with van der Waals surface area (Å²) < 4.78 is 0. The van der Waals surface area contributed by atoms with E-state index in [2.05, 4.69) is 0 Å². The van der Waals surface area contributed by atoms with Crippen molar-refractivity contribution in [2.45, 2.75) is 31.7 Å². The molecule has 2 N–H and O–H groups in total. The molecule has 0 spiro atoms. The second-order valence-corrected chi connectivity index (χ2v) is 3.34. The molecule has 0 aromatic carbocycles. The van der Waals surface area contributed by atoms with Gasteiger partial charge in [-0.15, -0.1) is 0 Å². The van der Waals surface area contributed by atoms with Crippen LogP contribution in [0.3, 0.4) is 0 Å². The summed E-state index contributed by atoms with van der Waals surface area (Å²) in [6, 6.07) is 0.578. The van der Waals surface area contributed by atoms with Crippen molar-refractivity contribution in [3.05, 3.63) is 0 Å². The maximum absolute atomic E-state index is 5.82. The van der Waals surface area contributed by atoms with Gasteiger partial charge in [-0.25, -0.2) is 0 Å². The van der Waals surface area contributed by atoms with Crippen LogP contribution in [0.2, 0.25) is 0 Å². The average Bonchev–Trinajstić information content (AvgIpc) is 2.23. The van der Waals surface area contributed by atoms with Crippen LogP contribution in [0.4, 0.5) is 0 Å². The van der Waals surface area contributed by atoms with Gasteiger partial charge < -0.3 is 5.73 Å². The fourth-order valence-corrected chi connectivity index (χ4v) is 2.29. The van der Waals surface area contributed by atoms with Crippen LogP contribution in [0.1, 0.15) is 25.7 Å². The van der Waals surface area contributed by atoms with Gasteiger partial charge in [-0.2, -0.15) is 0 Å². The zero-order chi connectivity index (χ0) is 5.56. The summed E-state index contributed by atoms with van der Waals surface area (Å²) in [5, 5.41) is 0. The lowest BCUT2D eigenvalue weighted by atomic mass is 9.96. The Labute approximate surface area is 50.3 Å². The Morgan fingerprint density at radius 2 is 2.00 bits per heavy atom. The molecule has 0 saturated heterocycles. The molecular weight excluding hydrogens is 98.1 g/mol. The lowest BCUT2D eigenvalue weighted by molar-refractivity contribution is 0.418. The first-order valence-corrected chi connectivity index (χ1v) is 3.62. The average molecular weight is 111 g/mol. The van der Waals surface area contributed by atoms with Crippen LogP contribution in [0.15, 0.2) is 0 Å². The van der Waals surface area contributed by atoms with Crippen molar-refractivity contribution in [1.29, 1.82) is 0 Å². The smallest absolute Gasteiger partial charge is 0.00699 e. The van der Waals surface area contributed by atoms with E-state index in [0.29, 0.717) is 6.04 Å². The molecule has 2 fully saturated rings. The Morgan fingerprint density at radius 3 is 2.25 bits per heavy atom. The van der Waals surface area contributed by atoms with Gasteiger partial charge in [0.1, 0.15) is 0 Å². The minimum absolute atomic E-state index is 0.578. The summed E-state index contributed by atoms with van der Waals surface area (Å²) in [6.07, 6.45) is 5.66. The molecule has 2 aliphatic rings. The van der Waals surface area contributed by atoms with Crippen molar-refractivity contribution in [3.63, 3.8) is 0 Å². The summed E-state index contributed by atoms with van der Waals surface area (Å²) in [4.78, 5) is 0. The van der Waals surface area contributed by atoms with Crippen LogP contribution in [0, 0.1) is 11.8 Å². The third-order valence-corrected chi connectivity index (χ3v) is 2.79. The molecule has 2 bridgehead atoms. The van der Waals surface area contributed by atoms with Crippen LogP contribution in [0.25, 0.3) is 0 Å². The van der Waals surface area contributed by atoms with Crippen molar-refractivity contribution in [2.75, 3.05) is 0 Å². The highest BCUT2D eigenvalue weighted by Gasteiger charge is 2.36. The maximum Gasteiger partial charge on any atom is 0.00699 e. The second kappa shape index (κ2) is 1.47. The van der Waals surface area contributed by atoms with Crippen molar-refractivity contribution >= 4 is 0 Å². The summed E-state index contributed by atoms with van der Waals surface area (Å²) in [6.45, 7) is 0. The minimum Gasteiger partial charge on any atom is -0.327 e. The van der Waals surface area contributed by atoms with E-state index in [9.17, 15) is 0 Å². The lowest BCUT2D eigenvalue weighted by Gasteiger charge is -2.15. The van der Waals surface area contributed by atoms with E-state index < -0.39 is 0 Å². The summed E-state index contributed by atoms with van der Waals surface area (Å²) in [5.41, 5.74) is 5.82. The molecule has 2 rings (SSSR count). The Morgan fingerprint density at radius 1 is 1.12 bits per heavy atom. The first-order valence-electron chi connectivity index (χ1n) is 3.62. The van der Waals surface area contributed by atoms with Crippen molar-refractivity contribution in [1.82, 2.24) is 0 Å². The zero-order valence-corrected chi connectivity index (χ0v) is 5.14. The Kier molecular flexibility index (Phi) is 0.884. The van der Waals surface area contributed by atoms with Gasteiger partial charge >= 0.3 is 0 Å². The van der Waals surface area contributed by atoms with Gasteiger partial charge in [0.2, 0.25) is 0 Å². The van der Waals surface area contributed by atoms with Gasteiger partial charge in [-0.1, -0.05) is 6.42 Å². The van der Waals surface area contributed by atoms with Crippen LogP contribution in [-0.4, -0.2) is 6.04 Å². The second-order valence-electron chi connectivity index (χ2n) is 3.34. The molecule has 2 aliphatic carbocycles. The Hall–Kier alpha value is -0.0400. The SMILES string of the molecule is N[C@@H]1C[C@H]2CC[C@H]1C2. The highest BCUT2D eigenvalue weighted by molar-refractivity contribution is 4.91. The summed E-state index contributed by atoms with van der Waals surface area (Å²) in [5.74, 6) is 1.94. The van der Waals surface area contributed by atoms with Crippen LogP contribution < -0.4 is 5.73 Å². The quantitative estimate of drug-likeness (QED) is 0.498. The van der Waals surface area contributed by atoms with Gasteiger partial charge in [0, 0.05) is 6.04 Å². The number of nitrogens with two attached hydrogens (primary N) is 1. The molecule has 46 valence electrons. The summed E-state index contributed by atoms with van der Waals surface area (Å²) >= 11 is 0. The molecule has 0 radical (unpaired) electrons. The van der Waals surface area contributed by atoms with Crippen LogP contribution in [0.5, 0.6) is 0 Å². The van der Waals surface area contributed by atoms with Gasteiger partial charge in [0.15, 0.2) is 0 Å². The molecule has 2 saturated carbocycles. The first-order chi connectivity index (χ1) is 3.86. The molecule has 0 aromatic rings. The fourth-order valence-electron chi connectivity index (χ4n) is 2.29. The predicted octanol–water partition coefficient (Wildman–Crippen LogP) is 1.13. The van der Waals surface area contributed by atoms with Gasteiger partial charge in [0.25, 0.3) is 0 Å². The van der Waals surface area contributed by atoms with E-state index in [-0.39, 0.29) is 0 Å². The number of hydrogen-bond acceptors (Lipinski definition) is 1. The fraction of sp³-hybridized carbons (Fsp3) is 1.00. The van der Waals surface area contributed by atoms with E-state index in [1.165, 1.54) is 25.7 Å². The number of fused-ring (bicyclic) bond motifs is 2. The van der Waals surface area contributed by atoms with Crippen molar-refractivity contribution in [2.24, 2.45) is 17.6 Å². The predicted molar refractivity (Wildman–Crippen MR) is 33.4 cm³/mol. The van der Waals surface area contributed by atoms with Gasteiger partial charge in [-0.05, 0) is 31.1 Å². The molecule has 0 aromatic heterocycles. The van der Waals surface area contributed by atoms with Gasteiger partial charge in [0.05, 0.1) is 0 Å². The molecule has 3 atom stereocenters. The molecular formula is C7H13N. The zero-order valence-electron chi connectivity index (χ0n) is 5.14. The third-order valence-electron chi connectivity index (χ3n) is 2.79. The molecule has 1 heteroatoms. The maximum atomic E-state index is 5.82. The van der Waals surface area contributed by atoms with Crippen LogP contribution in [-0.2, 0) is 0 Å². The topological polar surface area (TPSA) is 26.0 Å². The molecule has 0 aliphatic heterocycles.